The van der Waals surface area contributed by atoms with E-state index in [1.54, 1.807) is 18.2 Å². The summed E-state index contributed by atoms with van der Waals surface area (Å²) < 4.78 is 5.06. The molecule has 0 aliphatic carbocycles. The Morgan fingerprint density at radius 1 is 1.03 bits per heavy atom. The molecule has 1 unspecified atom stereocenters. The predicted molar refractivity (Wildman–Crippen MR) is 129 cm³/mol. The van der Waals surface area contributed by atoms with Crippen molar-refractivity contribution in [2.45, 2.75) is 26.2 Å². The first-order valence-electron chi connectivity index (χ1n) is 11.3. The number of hydrogen-bond acceptors (Lipinski definition) is 7. The van der Waals surface area contributed by atoms with Crippen LogP contribution in [0.25, 0.3) is 0 Å². The number of carbonyl (C=O) groups is 3. The number of furan rings is 1. The largest absolute Gasteiger partial charge is 0.433 e. The van der Waals surface area contributed by atoms with E-state index in [2.05, 4.69) is 5.32 Å². The summed E-state index contributed by atoms with van der Waals surface area (Å²) >= 11 is 0. The van der Waals surface area contributed by atoms with Crippen LogP contribution in [0.4, 0.5) is 5.88 Å². The Morgan fingerprint density at radius 3 is 2.39 bits per heavy atom. The van der Waals surface area contributed by atoms with Crippen LogP contribution in [-0.4, -0.2) is 51.7 Å². The number of nitro groups is 1. The van der Waals surface area contributed by atoms with Crippen molar-refractivity contribution in [1.82, 2.24) is 15.1 Å². The molecule has 1 aliphatic heterocycles. The summed E-state index contributed by atoms with van der Waals surface area (Å²) in [5, 5.41) is 13.8. The third-order valence-electron chi connectivity index (χ3n) is 5.87. The summed E-state index contributed by atoms with van der Waals surface area (Å²) in [5.74, 6) is -2.59. The first-order chi connectivity index (χ1) is 17.3. The van der Waals surface area contributed by atoms with E-state index < -0.39 is 34.7 Å². The molecule has 11 heteroatoms. The number of nitrogens with two attached hydrogens (primary N) is 1. The standard InChI is InChI=1S/C25H25N5O6/c1-16-4-2-7-19(12-16)24(32)28-10-11-29(25(33)20-8-9-21(36-20)30(34)35)23(28)22(31)27-15-18-6-3-5-17(13-18)14-26/h2-9,12-13,23H,10-11,14-15,26H2,1H3,(H,27,31). The van der Waals surface area contributed by atoms with Crippen molar-refractivity contribution in [2.24, 2.45) is 5.73 Å². The summed E-state index contributed by atoms with van der Waals surface area (Å²) in [5.41, 5.74) is 8.65. The number of amides is 3. The van der Waals surface area contributed by atoms with Crippen molar-refractivity contribution in [1.29, 1.82) is 0 Å². The molecule has 1 aliphatic rings. The van der Waals surface area contributed by atoms with Crippen LogP contribution in [0.2, 0.25) is 0 Å². The van der Waals surface area contributed by atoms with E-state index in [4.69, 9.17) is 10.2 Å². The second kappa shape index (κ2) is 10.4. The normalized spacial score (nSPS) is 15.1. The molecule has 36 heavy (non-hydrogen) atoms. The average molecular weight is 492 g/mol. The van der Waals surface area contributed by atoms with Crippen molar-refractivity contribution in [3.8, 4) is 0 Å². The highest BCUT2D eigenvalue weighted by molar-refractivity contribution is 6.01. The minimum absolute atomic E-state index is 0.0473. The lowest BCUT2D eigenvalue weighted by molar-refractivity contribution is -0.402. The number of nitrogens with zero attached hydrogens (tertiary/aromatic N) is 3. The Bertz CT molecular complexity index is 1320. The molecule has 1 aromatic heterocycles. The minimum Gasteiger partial charge on any atom is -0.395 e. The van der Waals surface area contributed by atoms with E-state index in [0.29, 0.717) is 12.1 Å². The Hall–Kier alpha value is -4.51. The Balaban J connectivity index is 1.61. The monoisotopic (exact) mass is 491 g/mol. The van der Waals surface area contributed by atoms with E-state index in [0.717, 1.165) is 22.8 Å². The molecule has 1 fully saturated rings. The van der Waals surface area contributed by atoms with Gasteiger partial charge in [-0.05, 0) is 36.2 Å². The van der Waals surface area contributed by atoms with Gasteiger partial charge in [0, 0.05) is 31.7 Å². The number of carbonyl (C=O) groups excluding carboxylic acids is 3. The van der Waals surface area contributed by atoms with Gasteiger partial charge < -0.3 is 25.3 Å². The second-order valence-corrected chi connectivity index (χ2v) is 8.38. The molecule has 11 nitrogen and oxygen atoms in total. The van der Waals surface area contributed by atoms with Gasteiger partial charge in [0.2, 0.25) is 0 Å². The number of benzene rings is 2. The molecule has 0 saturated carbocycles. The Labute approximate surface area is 206 Å². The maximum absolute atomic E-state index is 13.4. The molecule has 0 radical (unpaired) electrons. The van der Waals surface area contributed by atoms with E-state index >= 15 is 0 Å². The predicted octanol–water partition coefficient (Wildman–Crippen LogP) is 2.20. The molecule has 0 spiro atoms. The van der Waals surface area contributed by atoms with Crippen LogP contribution in [0.15, 0.2) is 65.1 Å². The third kappa shape index (κ3) is 5.10. The fourth-order valence-electron chi connectivity index (χ4n) is 4.11. The van der Waals surface area contributed by atoms with Gasteiger partial charge in [0.15, 0.2) is 11.9 Å². The molecule has 3 amide bonds. The van der Waals surface area contributed by atoms with Crippen molar-refractivity contribution in [3.63, 3.8) is 0 Å². The first-order valence-corrected chi connectivity index (χ1v) is 11.3. The smallest absolute Gasteiger partial charge is 0.395 e. The van der Waals surface area contributed by atoms with Crippen LogP contribution in [-0.2, 0) is 17.9 Å². The molecule has 4 rings (SSSR count). The number of aryl methyl sites for hydroxylation is 1. The molecule has 0 bridgehead atoms. The van der Waals surface area contributed by atoms with Gasteiger partial charge >= 0.3 is 5.88 Å². The first kappa shape index (κ1) is 24.6. The van der Waals surface area contributed by atoms with Crippen molar-refractivity contribution in [2.75, 3.05) is 13.1 Å². The van der Waals surface area contributed by atoms with Crippen molar-refractivity contribution >= 4 is 23.6 Å². The molecule has 2 heterocycles. The van der Waals surface area contributed by atoms with Gasteiger partial charge in [0.1, 0.15) is 4.92 Å². The third-order valence-corrected chi connectivity index (χ3v) is 5.87. The fourth-order valence-corrected chi connectivity index (χ4v) is 4.11. The highest BCUT2D eigenvalue weighted by Gasteiger charge is 2.44. The number of rotatable bonds is 7. The summed E-state index contributed by atoms with van der Waals surface area (Å²) in [6, 6.07) is 16.6. The topological polar surface area (TPSA) is 152 Å². The van der Waals surface area contributed by atoms with Gasteiger partial charge in [0.05, 0.1) is 6.07 Å². The lowest BCUT2D eigenvalue weighted by atomic mass is 10.1. The maximum atomic E-state index is 13.4. The number of hydrogen-bond donors (Lipinski definition) is 2. The van der Waals surface area contributed by atoms with Gasteiger partial charge in [-0.3, -0.25) is 24.5 Å². The average Bonchev–Trinajstić information content (AvgIpc) is 3.55. The van der Waals surface area contributed by atoms with E-state index in [-0.39, 0.29) is 25.4 Å². The molecule has 1 atom stereocenters. The lowest BCUT2D eigenvalue weighted by Crippen LogP contribution is -2.53. The van der Waals surface area contributed by atoms with Crippen LogP contribution in [0.3, 0.4) is 0 Å². The van der Waals surface area contributed by atoms with Gasteiger partial charge in [-0.25, -0.2) is 0 Å². The molecule has 3 N–H and O–H groups in total. The van der Waals surface area contributed by atoms with E-state index in [1.165, 1.54) is 15.9 Å². The summed E-state index contributed by atoms with van der Waals surface area (Å²) in [4.78, 5) is 52.7. The van der Waals surface area contributed by atoms with E-state index in [9.17, 15) is 24.5 Å². The van der Waals surface area contributed by atoms with Crippen molar-refractivity contribution in [3.05, 3.63) is 98.8 Å². The van der Waals surface area contributed by atoms with Crippen LogP contribution in [0.5, 0.6) is 0 Å². The zero-order valence-corrected chi connectivity index (χ0v) is 19.5. The SMILES string of the molecule is Cc1cccc(C(=O)N2CCN(C(=O)c3ccc([N+](=O)[O-])o3)C2C(=O)NCc2cccc(CN)c2)c1. The maximum Gasteiger partial charge on any atom is 0.433 e. The van der Waals surface area contributed by atoms with Gasteiger partial charge in [0.25, 0.3) is 17.7 Å². The summed E-state index contributed by atoms with van der Waals surface area (Å²) in [6.07, 6.45) is -1.27. The van der Waals surface area contributed by atoms with Gasteiger partial charge in [-0.2, -0.15) is 0 Å². The molecule has 2 aromatic carbocycles. The highest BCUT2D eigenvalue weighted by atomic mass is 16.6. The van der Waals surface area contributed by atoms with Crippen LogP contribution >= 0.6 is 0 Å². The molecule has 186 valence electrons. The minimum atomic E-state index is -1.27. The summed E-state index contributed by atoms with van der Waals surface area (Å²) in [6.45, 7) is 2.50. The van der Waals surface area contributed by atoms with Crippen molar-refractivity contribution < 1.29 is 23.7 Å². The summed E-state index contributed by atoms with van der Waals surface area (Å²) in [7, 11) is 0. The molecular formula is C25H25N5O6. The van der Waals surface area contributed by atoms with Crippen LogP contribution in [0, 0.1) is 17.0 Å². The van der Waals surface area contributed by atoms with Gasteiger partial charge in [-0.15, -0.1) is 0 Å². The van der Waals surface area contributed by atoms with Crippen LogP contribution in [0.1, 0.15) is 37.6 Å². The molecular weight excluding hydrogens is 466 g/mol. The van der Waals surface area contributed by atoms with E-state index in [1.807, 2.05) is 37.3 Å². The Morgan fingerprint density at radius 2 is 1.72 bits per heavy atom. The highest BCUT2D eigenvalue weighted by Crippen LogP contribution is 2.24. The zero-order valence-electron chi connectivity index (χ0n) is 19.5. The Kier molecular flexibility index (Phi) is 7.11. The second-order valence-electron chi connectivity index (χ2n) is 8.38. The zero-order chi connectivity index (χ0) is 25.8. The number of nitrogens with one attached hydrogen (secondary N) is 1. The fraction of sp³-hybridized carbons (Fsp3) is 0.240. The lowest BCUT2D eigenvalue weighted by Gasteiger charge is -2.29. The van der Waals surface area contributed by atoms with Gasteiger partial charge in [-0.1, -0.05) is 42.0 Å². The molecule has 1 saturated heterocycles. The van der Waals surface area contributed by atoms with Crippen LogP contribution < -0.4 is 11.1 Å². The molecule has 3 aromatic rings. The quantitative estimate of drug-likeness (QED) is 0.380.